The fraction of sp³-hybridized carbons (Fsp3) is 0.444. The van der Waals surface area contributed by atoms with Gasteiger partial charge in [-0.15, -0.1) is 0 Å². The third kappa shape index (κ3) is 3.58. The molecule has 1 rings (SSSR count). The summed E-state index contributed by atoms with van der Waals surface area (Å²) in [5.41, 5.74) is 2.56. The predicted octanol–water partition coefficient (Wildman–Crippen LogP) is 0.763. The molecule has 0 unspecified atom stereocenters. The summed E-state index contributed by atoms with van der Waals surface area (Å²) in [6, 6.07) is 1.61. The van der Waals surface area contributed by atoms with Crippen LogP contribution in [0.25, 0.3) is 0 Å². The van der Waals surface area contributed by atoms with E-state index in [-0.39, 0.29) is 5.91 Å². The van der Waals surface area contributed by atoms with Crippen molar-refractivity contribution < 1.29 is 13.9 Å². The minimum Gasteiger partial charge on any atom is -0.468 e. The molecule has 0 spiro atoms. The lowest BCUT2D eigenvalue weighted by molar-refractivity contribution is 0.0952. The Labute approximate surface area is 92.3 Å². The summed E-state index contributed by atoms with van der Waals surface area (Å²) >= 11 is 1.64. The summed E-state index contributed by atoms with van der Waals surface area (Å²) in [4.78, 5) is 11.3. The van der Waals surface area contributed by atoms with Gasteiger partial charge in [0.05, 0.1) is 24.2 Å². The number of carbonyl (C=O) groups excluding carboxylic acids is 1. The van der Waals surface area contributed by atoms with Crippen LogP contribution in [0.5, 0.6) is 0 Å². The minimum atomic E-state index is -0.328. The number of carbonyl (C=O) groups is 1. The highest BCUT2D eigenvalue weighted by Crippen LogP contribution is 2.17. The first-order valence-corrected chi connectivity index (χ1v) is 5.59. The normalized spacial score (nSPS) is 10.3. The Kier molecular flexibility index (Phi) is 5.23. The zero-order valence-electron chi connectivity index (χ0n) is 8.49. The topological polar surface area (TPSA) is 77.5 Å². The number of ether oxygens (including phenoxy) is 1. The lowest BCUT2D eigenvalue weighted by Gasteiger charge is -2.01. The monoisotopic (exact) mass is 230 g/mol. The molecule has 0 aliphatic rings. The third-order valence-electron chi connectivity index (χ3n) is 1.79. The van der Waals surface area contributed by atoms with E-state index < -0.39 is 0 Å². The van der Waals surface area contributed by atoms with Crippen LogP contribution < -0.4 is 11.3 Å². The standard InChI is InChI=1S/C9H14N2O3S/c1-13-4-5-15-6-8-7(2-3-14-8)9(12)11-10/h2-3H,4-6,10H2,1H3,(H,11,12). The Morgan fingerprint density at radius 1 is 1.73 bits per heavy atom. The van der Waals surface area contributed by atoms with E-state index in [4.69, 9.17) is 15.0 Å². The molecule has 15 heavy (non-hydrogen) atoms. The highest BCUT2D eigenvalue weighted by atomic mass is 32.2. The molecule has 1 amide bonds. The van der Waals surface area contributed by atoms with Crippen LogP contribution in [0.15, 0.2) is 16.7 Å². The van der Waals surface area contributed by atoms with E-state index in [0.717, 1.165) is 5.75 Å². The van der Waals surface area contributed by atoms with Crippen molar-refractivity contribution >= 4 is 17.7 Å². The van der Waals surface area contributed by atoms with E-state index in [9.17, 15) is 4.79 Å². The number of thioether (sulfide) groups is 1. The van der Waals surface area contributed by atoms with Crippen LogP contribution >= 0.6 is 11.8 Å². The van der Waals surface area contributed by atoms with Crippen LogP contribution in [0.3, 0.4) is 0 Å². The molecule has 0 saturated heterocycles. The van der Waals surface area contributed by atoms with Crippen LogP contribution in [-0.2, 0) is 10.5 Å². The van der Waals surface area contributed by atoms with Crippen molar-refractivity contribution in [3.63, 3.8) is 0 Å². The molecule has 6 heteroatoms. The van der Waals surface area contributed by atoms with Crippen molar-refractivity contribution in [3.8, 4) is 0 Å². The second-order valence-corrected chi connectivity index (χ2v) is 3.88. The van der Waals surface area contributed by atoms with E-state index >= 15 is 0 Å². The Morgan fingerprint density at radius 2 is 2.53 bits per heavy atom. The summed E-state index contributed by atoms with van der Waals surface area (Å²) in [6.07, 6.45) is 1.48. The van der Waals surface area contributed by atoms with Gasteiger partial charge in [0.15, 0.2) is 0 Å². The Bertz CT molecular complexity index is 314. The SMILES string of the molecule is COCCSCc1occc1C(=O)NN. The molecule has 0 atom stereocenters. The zero-order chi connectivity index (χ0) is 11.1. The molecular formula is C9H14N2O3S. The van der Waals surface area contributed by atoms with Crippen molar-refractivity contribution in [2.24, 2.45) is 5.84 Å². The van der Waals surface area contributed by atoms with Gasteiger partial charge in [-0.05, 0) is 6.07 Å². The number of furan rings is 1. The number of methoxy groups -OCH3 is 1. The lowest BCUT2D eigenvalue weighted by Crippen LogP contribution is -2.30. The van der Waals surface area contributed by atoms with Crippen molar-refractivity contribution in [3.05, 3.63) is 23.7 Å². The summed E-state index contributed by atoms with van der Waals surface area (Å²) in [6.45, 7) is 0.684. The summed E-state index contributed by atoms with van der Waals surface area (Å²) in [5.74, 6) is 6.85. The highest BCUT2D eigenvalue weighted by molar-refractivity contribution is 7.98. The van der Waals surface area contributed by atoms with Gasteiger partial charge in [0.25, 0.3) is 5.91 Å². The second kappa shape index (κ2) is 6.49. The summed E-state index contributed by atoms with van der Waals surface area (Å²) in [5, 5.41) is 0. The molecule has 1 aromatic heterocycles. The van der Waals surface area contributed by atoms with Crippen molar-refractivity contribution in [2.45, 2.75) is 5.75 Å². The van der Waals surface area contributed by atoms with Gasteiger partial charge in [-0.25, -0.2) is 5.84 Å². The van der Waals surface area contributed by atoms with Crippen LogP contribution in [-0.4, -0.2) is 25.4 Å². The van der Waals surface area contributed by atoms with E-state index in [1.807, 2.05) is 0 Å². The second-order valence-electron chi connectivity index (χ2n) is 2.78. The van der Waals surface area contributed by atoms with E-state index in [0.29, 0.717) is 23.7 Å². The van der Waals surface area contributed by atoms with Gasteiger partial charge in [0.1, 0.15) is 5.76 Å². The minimum absolute atomic E-state index is 0.328. The van der Waals surface area contributed by atoms with Crippen molar-refractivity contribution in [1.29, 1.82) is 0 Å². The van der Waals surface area contributed by atoms with E-state index in [1.165, 1.54) is 6.26 Å². The average molecular weight is 230 g/mol. The Hall–Kier alpha value is -0.980. The molecule has 5 nitrogen and oxygen atoms in total. The number of hydrogen-bond donors (Lipinski definition) is 2. The highest BCUT2D eigenvalue weighted by Gasteiger charge is 2.12. The van der Waals surface area contributed by atoms with Crippen LogP contribution in [0, 0.1) is 0 Å². The van der Waals surface area contributed by atoms with Gasteiger partial charge in [0.2, 0.25) is 0 Å². The molecule has 0 saturated carbocycles. The Balaban J connectivity index is 2.46. The molecule has 0 aliphatic heterocycles. The molecule has 0 bridgehead atoms. The lowest BCUT2D eigenvalue weighted by atomic mass is 10.2. The summed E-state index contributed by atoms with van der Waals surface area (Å²) < 4.78 is 10.1. The molecule has 84 valence electrons. The summed E-state index contributed by atoms with van der Waals surface area (Å²) in [7, 11) is 1.65. The molecule has 3 N–H and O–H groups in total. The first kappa shape index (κ1) is 12.1. The molecule has 1 aromatic rings. The molecule has 0 radical (unpaired) electrons. The van der Waals surface area contributed by atoms with Gasteiger partial charge in [0, 0.05) is 12.9 Å². The largest absolute Gasteiger partial charge is 0.468 e. The van der Waals surface area contributed by atoms with Crippen LogP contribution in [0.4, 0.5) is 0 Å². The molecule has 0 aliphatic carbocycles. The number of amides is 1. The van der Waals surface area contributed by atoms with Gasteiger partial charge in [-0.1, -0.05) is 0 Å². The number of nitrogen functional groups attached to an aromatic ring is 1. The molecular weight excluding hydrogens is 216 g/mol. The third-order valence-corrected chi connectivity index (χ3v) is 2.71. The van der Waals surface area contributed by atoms with E-state index in [2.05, 4.69) is 5.43 Å². The zero-order valence-corrected chi connectivity index (χ0v) is 9.30. The maximum atomic E-state index is 11.3. The fourth-order valence-electron chi connectivity index (χ4n) is 1.04. The van der Waals surface area contributed by atoms with E-state index in [1.54, 1.807) is 24.9 Å². The molecule has 0 fully saturated rings. The molecule has 1 heterocycles. The van der Waals surface area contributed by atoms with Crippen LogP contribution in [0.1, 0.15) is 16.1 Å². The fourth-order valence-corrected chi connectivity index (χ4v) is 1.88. The van der Waals surface area contributed by atoms with Crippen molar-refractivity contribution in [2.75, 3.05) is 19.5 Å². The van der Waals surface area contributed by atoms with Gasteiger partial charge < -0.3 is 9.15 Å². The first-order valence-electron chi connectivity index (χ1n) is 4.43. The maximum absolute atomic E-state index is 11.3. The maximum Gasteiger partial charge on any atom is 0.268 e. The van der Waals surface area contributed by atoms with Gasteiger partial charge in [-0.3, -0.25) is 10.2 Å². The van der Waals surface area contributed by atoms with Gasteiger partial charge in [-0.2, -0.15) is 11.8 Å². The van der Waals surface area contributed by atoms with Crippen LogP contribution in [0.2, 0.25) is 0 Å². The quantitative estimate of drug-likeness (QED) is 0.326. The number of nitrogens with two attached hydrogens (primary N) is 1. The number of nitrogens with one attached hydrogen (secondary N) is 1. The van der Waals surface area contributed by atoms with Gasteiger partial charge >= 0.3 is 0 Å². The predicted molar refractivity (Wildman–Crippen MR) is 58.4 cm³/mol. The molecule has 0 aromatic carbocycles. The number of hydrazine groups is 1. The first-order chi connectivity index (χ1) is 7.29. The average Bonchev–Trinajstić information content (AvgIpc) is 2.71. The van der Waals surface area contributed by atoms with Crippen molar-refractivity contribution in [1.82, 2.24) is 5.43 Å². The Morgan fingerprint density at radius 3 is 3.20 bits per heavy atom. The number of rotatable bonds is 6. The number of hydrogen-bond acceptors (Lipinski definition) is 5. The smallest absolute Gasteiger partial charge is 0.268 e.